The number of hydrogen-bond acceptors (Lipinski definition) is 3. The lowest BCUT2D eigenvalue weighted by Gasteiger charge is -2.25. The molecule has 3 aromatic rings. The third-order valence-electron chi connectivity index (χ3n) is 4.49. The van der Waals surface area contributed by atoms with Crippen LogP contribution in [0.1, 0.15) is 12.5 Å². The maximum atomic E-state index is 13.4. The Bertz CT molecular complexity index is 1150. The van der Waals surface area contributed by atoms with Crippen LogP contribution in [0.25, 0.3) is 0 Å². The summed E-state index contributed by atoms with van der Waals surface area (Å²) >= 11 is 12.4. The summed E-state index contributed by atoms with van der Waals surface area (Å²) in [6, 6.07) is 19.9. The van der Waals surface area contributed by atoms with Gasteiger partial charge in [-0.15, -0.1) is 0 Å². The lowest BCUT2D eigenvalue weighted by atomic mass is 10.1. The molecule has 0 aliphatic rings. The van der Waals surface area contributed by atoms with Gasteiger partial charge < -0.3 is 5.32 Å². The van der Waals surface area contributed by atoms with Gasteiger partial charge in [-0.2, -0.15) is 0 Å². The van der Waals surface area contributed by atoms with Crippen LogP contribution in [0, 0.1) is 0 Å². The first-order valence-electron chi connectivity index (χ1n) is 9.24. The van der Waals surface area contributed by atoms with Gasteiger partial charge in [0.05, 0.1) is 20.6 Å². The summed E-state index contributed by atoms with van der Waals surface area (Å²) in [6.45, 7) is 1.51. The predicted molar refractivity (Wildman–Crippen MR) is 122 cm³/mol. The van der Waals surface area contributed by atoms with Crippen LogP contribution in [0.2, 0.25) is 10.0 Å². The minimum atomic E-state index is -4.07. The largest absolute Gasteiger partial charge is 0.324 e. The highest BCUT2D eigenvalue weighted by atomic mass is 35.5. The van der Waals surface area contributed by atoms with Gasteiger partial charge in [0.25, 0.3) is 10.0 Å². The molecule has 3 aromatic carbocycles. The number of rotatable bonds is 7. The fourth-order valence-electron chi connectivity index (χ4n) is 2.98. The molecule has 5 nitrogen and oxygen atoms in total. The van der Waals surface area contributed by atoms with Gasteiger partial charge in [-0.05, 0) is 42.3 Å². The Morgan fingerprint density at radius 3 is 2.30 bits per heavy atom. The number of anilines is 2. The van der Waals surface area contributed by atoms with Gasteiger partial charge in [0.15, 0.2) is 0 Å². The molecule has 30 heavy (non-hydrogen) atoms. The molecular formula is C22H20Cl2N2O3S. The van der Waals surface area contributed by atoms with E-state index in [-0.39, 0.29) is 20.6 Å². The molecule has 0 heterocycles. The van der Waals surface area contributed by atoms with Crippen molar-refractivity contribution in [1.29, 1.82) is 0 Å². The summed E-state index contributed by atoms with van der Waals surface area (Å²) in [5.41, 5.74) is 1.72. The highest BCUT2D eigenvalue weighted by Gasteiger charge is 2.29. The van der Waals surface area contributed by atoms with Crippen molar-refractivity contribution in [1.82, 2.24) is 0 Å². The highest BCUT2D eigenvalue weighted by molar-refractivity contribution is 7.92. The van der Waals surface area contributed by atoms with E-state index in [9.17, 15) is 13.2 Å². The van der Waals surface area contributed by atoms with Gasteiger partial charge in [-0.3, -0.25) is 9.10 Å². The lowest BCUT2D eigenvalue weighted by Crippen LogP contribution is -2.38. The third-order valence-corrected chi connectivity index (χ3v) is 7.07. The number of para-hydroxylation sites is 1. The Kier molecular flexibility index (Phi) is 7.02. The van der Waals surface area contributed by atoms with Crippen molar-refractivity contribution < 1.29 is 13.2 Å². The van der Waals surface area contributed by atoms with Gasteiger partial charge in [0.1, 0.15) is 6.54 Å². The number of nitrogens with zero attached hydrogens (tertiary/aromatic N) is 1. The number of amides is 1. The molecule has 0 bridgehead atoms. The van der Waals surface area contributed by atoms with Gasteiger partial charge in [-0.25, -0.2) is 8.42 Å². The van der Waals surface area contributed by atoms with Crippen LogP contribution < -0.4 is 9.62 Å². The number of nitrogens with one attached hydrogen (secondary N) is 1. The van der Waals surface area contributed by atoms with Crippen LogP contribution in [0.4, 0.5) is 11.4 Å². The van der Waals surface area contributed by atoms with E-state index in [0.29, 0.717) is 5.69 Å². The Morgan fingerprint density at radius 2 is 1.60 bits per heavy atom. The standard InChI is InChI=1S/C22H20Cl2N2O3S/c1-2-16-9-6-7-13-19(16)25-21(27)15-26(20-14-8-12-18(23)22(20)24)30(28,29)17-10-4-3-5-11-17/h3-14H,2,15H2,1H3,(H,25,27). The zero-order valence-electron chi connectivity index (χ0n) is 16.2. The first-order chi connectivity index (χ1) is 14.3. The van der Waals surface area contributed by atoms with E-state index in [4.69, 9.17) is 23.2 Å². The second-order valence-corrected chi connectivity index (χ2v) is 9.10. The van der Waals surface area contributed by atoms with Gasteiger partial charge in [-0.1, -0.05) is 72.6 Å². The predicted octanol–water partition coefficient (Wildman–Crippen LogP) is 5.39. The Hall–Kier alpha value is -2.54. The normalized spacial score (nSPS) is 11.2. The molecule has 0 spiro atoms. The van der Waals surface area contributed by atoms with Crippen LogP contribution in [-0.4, -0.2) is 20.9 Å². The summed E-state index contributed by atoms with van der Waals surface area (Å²) in [5.74, 6) is -0.494. The number of sulfonamides is 1. The van der Waals surface area contributed by atoms with Crippen molar-refractivity contribution in [2.45, 2.75) is 18.2 Å². The van der Waals surface area contributed by atoms with Crippen molar-refractivity contribution >= 4 is 50.5 Å². The molecular weight excluding hydrogens is 443 g/mol. The molecule has 0 aromatic heterocycles. The maximum absolute atomic E-state index is 13.4. The van der Waals surface area contributed by atoms with E-state index in [1.807, 2.05) is 19.1 Å². The number of carbonyl (C=O) groups is 1. The third kappa shape index (κ3) is 4.78. The fourth-order valence-corrected chi connectivity index (χ4v) is 4.88. The minimum absolute atomic E-state index is 0.0443. The molecule has 0 fully saturated rings. The monoisotopic (exact) mass is 462 g/mol. The summed E-state index contributed by atoms with van der Waals surface area (Å²) in [6.07, 6.45) is 0.725. The van der Waals surface area contributed by atoms with Crippen molar-refractivity contribution in [3.63, 3.8) is 0 Å². The summed E-state index contributed by atoms with van der Waals surface area (Å²) in [4.78, 5) is 12.9. The number of aryl methyl sites for hydroxylation is 1. The topological polar surface area (TPSA) is 66.5 Å². The summed E-state index contributed by atoms with van der Waals surface area (Å²) < 4.78 is 27.7. The second kappa shape index (κ2) is 9.51. The quantitative estimate of drug-likeness (QED) is 0.511. The Labute approximate surface area is 186 Å². The molecule has 8 heteroatoms. The zero-order valence-corrected chi connectivity index (χ0v) is 18.5. The molecule has 0 atom stereocenters. The van der Waals surface area contributed by atoms with Crippen LogP contribution >= 0.6 is 23.2 Å². The number of hydrogen-bond donors (Lipinski definition) is 1. The number of halogens is 2. The molecule has 1 amide bonds. The van der Waals surface area contributed by atoms with E-state index < -0.39 is 22.5 Å². The van der Waals surface area contributed by atoms with Gasteiger partial charge in [0, 0.05) is 5.69 Å². The first-order valence-corrected chi connectivity index (χ1v) is 11.4. The van der Waals surface area contributed by atoms with E-state index in [0.717, 1.165) is 16.3 Å². The van der Waals surface area contributed by atoms with Crippen molar-refractivity contribution in [2.75, 3.05) is 16.2 Å². The highest BCUT2D eigenvalue weighted by Crippen LogP contribution is 2.35. The van der Waals surface area contributed by atoms with Crippen LogP contribution in [0.15, 0.2) is 77.7 Å². The van der Waals surface area contributed by atoms with E-state index in [1.54, 1.807) is 42.5 Å². The maximum Gasteiger partial charge on any atom is 0.264 e. The average Bonchev–Trinajstić information content (AvgIpc) is 2.75. The molecule has 0 aliphatic carbocycles. The van der Waals surface area contributed by atoms with Crippen molar-refractivity contribution in [2.24, 2.45) is 0 Å². The molecule has 0 unspecified atom stereocenters. The SMILES string of the molecule is CCc1ccccc1NC(=O)CN(c1cccc(Cl)c1Cl)S(=O)(=O)c1ccccc1. The smallest absolute Gasteiger partial charge is 0.264 e. The molecule has 3 rings (SSSR count). The summed E-state index contributed by atoms with van der Waals surface area (Å²) in [7, 11) is -4.07. The molecule has 0 saturated heterocycles. The van der Waals surface area contributed by atoms with Crippen LogP contribution in [0.3, 0.4) is 0 Å². The molecule has 0 radical (unpaired) electrons. The zero-order chi connectivity index (χ0) is 21.7. The van der Waals surface area contributed by atoms with E-state index in [2.05, 4.69) is 5.32 Å². The van der Waals surface area contributed by atoms with Gasteiger partial charge >= 0.3 is 0 Å². The van der Waals surface area contributed by atoms with Crippen molar-refractivity contribution in [3.8, 4) is 0 Å². The van der Waals surface area contributed by atoms with E-state index in [1.165, 1.54) is 18.2 Å². The summed E-state index contributed by atoms with van der Waals surface area (Å²) in [5, 5.41) is 3.05. The van der Waals surface area contributed by atoms with E-state index >= 15 is 0 Å². The Balaban J connectivity index is 2.00. The average molecular weight is 463 g/mol. The second-order valence-electron chi connectivity index (χ2n) is 6.46. The molecule has 0 aliphatic heterocycles. The van der Waals surface area contributed by atoms with Crippen LogP contribution in [0.5, 0.6) is 0 Å². The fraction of sp³-hybridized carbons (Fsp3) is 0.136. The lowest BCUT2D eigenvalue weighted by molar-refractivity contribution is -0.114. The molecule has 156 valence electrons. The van der Waals surface area contributed by atoms with Crippen LogP contribution in [-0.2, 0) is 21.2 Å². The number of benzene rings is 3. The molecule has 1 N–H and O–H groups in total. The Morgan fingerprint density at radius 1 is 0.933 bits per heavy atom. The number of carbonyl (C=O) groups excluding carboxylic acids is 1. The minimum Gasteiger partial charge on any atom is -0.324 e. The van der Waals surface area contributed by atoms with Gasteiger partial charge in [0.2, 0.25) is 5.91 Å². The molecule has 0 saturated carbocycles. The first kappa shape index (κ1) is 22.2. The van der Waals surface area contributed by atoms with Crippen molar-refractivity contribution in [3.05, 3.63) is 88.4 Å².